The Labute approximate surface area is 123 Å². The molecule has 6 heteroatoms. The van der Waals surface area contributed by atoms with Crippen molar-refractivity contribution < 1.29 is 46.7 Å². The molecular formula is C11H11NaO4S. The van der Waals surface area contributed by atoms with Crippen molar-refractivity contribution in [3.8, 4) is 5.75 Å². The fraction of sp³-hybridized carbons (Fsp3) is 0.0909. The summed E-state index contributed by atoms with van der Waals surface area (Å²) in [6.07, 6.45) is 0. The van der Waals surface area contributed by atoms with Crippen molar-refractivity contribution >= 4 is 21.2 Å². The summed E-state index contributed by atoms with van der Waals surface area (Å²) < 4.78 is 35.7. The molecule has 0 aliphatic carbocycles. The van der Waals surface area contributed by atoms with Crippen molar-refractivity contribution in [2.24, 2.45) is 0 Å². The maximum atomic E-state index is 10.5. The van der Waals surface area contributed by atoms with Gasteiger partial charge in [0.15, 0.2) is 0 Å². The minimum absolute atomic E-state index is 0. The fourth-order valence-electron chi connectivity index (χ4n) is 1.38. The smallest absolute Gasteiger partial charge is 0.716 e. The van der Waals surface area contributed by atoms with E-state index in [0.717, 1.165) is 5.39 Å². The molecule has 0 radical (unpaired) electrons. The van der Waals surface area contributed by atoms with E-state index in [-0.39, 0.29) is 42.7 Å². The van der Waals surface area contributed by atoms with Crippen molar-refractivity contribution in [2.75, 3.05) is 0 Å². The van der Waals surface area contributed by atoms with Crippen LogP contribution in [0.25, 0.3) is 10.8 Å². The predicted molar refractivity (Wildman–Crippen MR) is 61.0 cm³/mol. The van der Waals surface area contributed by atoms with E-state index >= 15 is 0 Å². The van der Waals surface area contributed by atoms with Gasteiger partial charge in [-0.15, -0.1) is 0 Å². The van der Waals surface area contributed by atoms with E-state index in [2.05, 4.69) is 4.18 Å². The SMILES string of the molecule is C.O=S(=O)([O-])Oc1cccc2ccccc12.[Na+]. The fourth-order valence-corrected chi connectivity index (χ4v) is 1.74. The molecule has 4 nitrogen and oxygen atoms in total. The Bertz CT molecular complexity index is 590. The van der Waals surface area contributed by atoms with Gasteiger partial charge in [-0.25, -0.2) is 8.42 Å². The van der Waals surface area contributed by atoms with Crippen LogP contribution in [0.2, 0.25) is 0 Å². The molecule has 2 aromatic rings. The second-order valence-corrected chi connectivity index (χ2v) is 3.95. The third kappa shape index (κ3) is 4.29. The number of hydrogen-bond donors (Lipinski definition) is 0. The number of rotatable bonds is 2. The zero-order chi connectivity index (χ0) is 10.9. The predicted octanol–water partition coefficient (Wildman–Crippen LogP) is -0.681. The second-order valence-electron chi connectivity index (χ2n) is 2.97. The summed E-state index contributed by atoms with van der Waals surface area (Å²) in [6.45, 7) is 0. The van der Waals surface area contributed by atoms with Crippen LogP contribution >= 0.6 is 0 Å². The van der Waals surface area contributed by atoms with Gasteiger partial charge in [0, 0.05) is 5.39 Å². The first-order chi connectivity index (χ1) is 7.06. The van der Waals surface area contributed by atoms with E-state index in [1.54, 1.807) is 30.3 Å². The largest absolute Gasteiger partial charge is 1.00 e. The van der Waals surface area contributed by atoms with E-state index in [1.807, 2.05) is 6.07 Å². The molecule has 0 amide bonds. The van der Waals surface area contributed by atoms with Crippen LogP contribution in [0.1, 0.15) is 7.43 Å². The number of fused-ring (bicyclic) bond motifs is 1. The van der Waals surface area contributed by atoms with Gasteiger partial charge in [-0.05, 0) is 11.5 Å². The summed E-state index contributed by atoms with van der Waals surface area (Å²) in [4.78, 5) is 0. The van der Waals surface area contributed by atoms with Crippen molar-refractivity contribution in [3.05, 3.63) is 42.5 Å². The first-order valence-corrected chi connectivity index (χ1v) is 5.53. The molecule has 0 aromatic heterocycles. The third-order valence-electron chi connectivity index (χ3n) is 1.94. The summed E-state index contributed by atoms with van der Waals surface area (Å²) in [7, 11) is -4.72. The van der Waals surface area contributed by atoms with Gasteiger partial charge in [0.05, 0.1) is 0 Å². The van der Waals surface area contributed by atoms with Crippen LogP contribution in [-0.2, 0) is 10.4 Å². The van der Waals surface area contributed by atoms with Crippen LogP contribution in [0.15, 0.2) is 42.5 Å². The Morgan fingerprint density at radius 1 is 1.00 bits per heavy atom. The first kappa shape index (κ1) is 16.4. The molecule has 2 rings (SSSR count). The summed E-state index contributed by atoms with van der Waals surface area (Å²) in [5.74, 6) is 0.0584. The van der Waals surface area contributed by atoms with Crippen LogP contribution in [0.3, 0.4) is 0 Å². The van der Waals surface area contributed by atoms with Gasteiger partial charge in [-0.3, -0.25) is 0 Å². The molecule has 86 valence electrons. The van der Waals surface area contributed by atoms with Crippen LogP contribution < -0.4 is 33.7 Å². The van der Waals surface area contributed by atoms with E-state index in [0.29, 0.717) is 5.39 Å². The maximum Gasteiger partial charge on any atom is 1.00 e. The zero-order valence-corrected chi connectivity index (χ0v) is 11.4. The average molecular weight is 262 g/mol. The molecule has 17 heavy (non-hydrogen) atoms. The zero-order valence-electron chi connectivity index (χ0n) is 8.58. The molecule has 0 aliphatic rings. The van der Waals surface area contributed by atoms with Gasteiger partial charge in [-0.2, -0.15) is 0 Å². The van der Waals surface area contributed by atoms with Gasteiger partial charge in [0.1, 0.15) is 5.75 Å². The Balaban J connectivity index is 0.00000128. The Morgan fingerprint density at radius 3 is 2.24 bits per heavy atom. The van der Waals surface area contributed by atoms with Crippen molar-refractivity contribution in [3.63, 3.8) is 0 Å². The minimum Gasteiger partial charge on any atom is -0.716 e. The van der Waals surface area contributed by atoms with Gasteiger partial charge in [0.25, 0.3) is 10.4 Å². The van der Waals surface area contributed by atoms with E-state index in [9.17, 15) is 13.0 Å². The molecule has 0 bridgehead atoms. The molecule has 2 aromatic carbocycles. The Morgan fingerprint density at radius 2 is 1.59 bits per heavy atom. The quantitative estimate of drug-likeness (QED) is 0.408. The van der Waals surface area contributed by atoms with Crippen molar-refractivity contribution in [1.82, 2.24) is 0 Å². The molecular weight excluding hydrogens is 251 g/mol. The molecule has 0 saturated carbocycles. The van der Waals surface area contributed by atoms with E-state index < -0.39 is 10.4 Å². The first-order valence-electron chi connectivity index (χ1n) is 4.19. The van der Waals surface area contributed by atoms with Gasteiger partial charge in [0.2, 0.25) is 0 Å². The van der Waals surface area contributed by atoms with Crippen molar-refractivity contribution in [2.45, 2.75) is 7.43 Å². The molecule has 0 heterocycles. The summed E-state index contributed by atoms with van der Waals surface area (Å²) in [5.41, 5.74) is 0. The van der Waals surface area contributed by atoms with Gasteiger partial charge < -0.3 is 8.74 Å². The molecule has 0 aliphatic heterocycles. The molecule has 0 atom stereocenters. The maximum absolute atomic E-state index is 10.5. The van der Waals surface area contributed by atoms with Crippen molar-refractivity contribution in [1.29, 1.82) is 0 Å². The van der Waals surface area contributed by atoms with E-state index in [1.165, 1.54) is 6.07 Å². The second kappa shape index (κ2) is 6.37. The molecule has 0 saturated heterocycles. The normalized spacial score (nSPS) is 10.2. The third-order valence-corrected chi connectivity index (χ3v) is 2.33. The van der Waals surface area contributed by atoms with Crippen LogP contribution in [0.4, 0.5) is 0 Å². The number of hydrogen-bond acceptors (Lipinski definition) is 4. The monoisotopic (exact) mass is 262 g/mol. The Hall–Kier alpha value is -0.590. The summed E-state index contributed by atoms with van der Waals surface area (Å²) in [5, 5.41) is 1.41. The van der Waals surface area contributed by atoms with Crippen LogP contribution in [-0.4, -0.2) is 13.0 Å². The van der Waals surface area contributed by atoms with Gasteiger partial charge >= 0.3 is 29.6 Å². The molecule has 0 N–H and O–H groups in total. The summed E-state index contributed by atoms with van der Waals surface area (Å²) >= 11 is 0. The van der Waals surface area contributed by atoms with E-state index in [4.69, 9.17) is 0 Å². The van der Waals surface area contributed by atoms with Gasteiger partial charge in [-0.1, -0.05) is 43.8 Å². The topological polar surface area (TPSA) is 66.4 Å². The minimum atomic E-state index is -4.72. The molecule has 0 fully saturated rings. The Kier molecular flexibility index (Phi) is 6.15. The average Bonchev–Trinajstić information content (AvgIpc) is 2.16. The van der Waals surface area contributed by atoms with Crippen LogP contribution in [0, 0.1) is 0 Å². The molecule has 0 spiro atoms. The van der Waals surface area contributed by atoms with Crippen LogP contribution in [0.5, 0.6) is 5.75 Å². The molecule has 0 unspecified atom stereocenters. The standard InChI is InChI=1S/C10H8O4S.CH4.Na/c11-15(12,13)14-10-7-3-5-8-4-1-2-6-9(8)10;;/h1-7H,(H,11,12,13);1H4;/q;;+1/p-1. The number of benzene rings is 2. The summed E-state index contributed by atoms with van der Waals surface area (Å²) in [6, 6.07) is 11.9.